The van der Waals surface area contributed by atoms with Crippen LogP contribution in [0, 0.1) is 0 Å². The molecule has 25 heavy (non-hydrogen) atoms. The number of thiocarbonyl (C=S) groups is 1. The molecule has 5 nitrogen and oxygen atoms in total. The second-order valence-corrected chi connectivity index (χ2v) is 6.02. The van der Waals surface area contributed by atoms with E-state index in [9.17, 15) is 4.79 Å². The van der Waals surface area contributed by atoms with E-state index >= 15 is 0 Å². The standard InChI is InChI=1S/C19H19N3O2S/c1-3-12-5-7-13(8-6-12)18-21-15-10-9-14(11-16(15)24-18)20-19(25)22-17(23)4-2/h5-11H,3-4H2,1-2H3,(H2,20,22,23,25). The number of aromatic nitrogens is 1. The zero-order valence-corrected chi connectivity index (χ0v) is 14.9. The quantitative estimate of drug-likeness (QED) is 0.685. The first-order valence-electron chi connectivity index (χ1n) is 8.19. The Kier molecular flexibility index (Phi) is 5.09. The molecule has 0 radical (unpaired) electrons. The number of amides is 1. The Morgan fingerprint density at radius 3 is 2.60 bits per heavy atom. The van der Waals surface area contributed by atoms with Crippen LogP contribution < -0.4 is 10.6 Å². The Balaban J connectivity index is 1.81. The van der Waals surface area contributed by atoms with E-state index in [4.69, 9.17) is 16.6 Å². The molecule has 0 bridgehead atoms. The Morgan fingerprint density at radius 2 is 1.92 bits per heavy atom. The minimum Gasteiger partial charge on any atom is -0.436 e. The summed E-state index contributed by atoms with van der Waals surface area (Å²) in [6.07, 6.45) is 1.38. The largest absolute Gasteiger partial charge is 0.436 e. The van der Waals surface area contributed by atoms with Crippen LogP contribution in [0.2, 0.25) is 0 Å². The second-order valence-electron chi connectivity index (χ2n) is 5.61. The van der Waals surface area contributed by atoms with Gasteiger partial charge in [0.15, 0.2) is 10.7 Å². The topological polar surface area (TPSA) is 67.2 Å². The number of anilines is 1. The molecule has 0 atom stereocenters. The maximum atomic E-state index is 11.4. The normalized spacial score (nSPS) is 10.6. The Morgan fingerprint density at radius 1 is 1.16 bits per heavy atom. The van der Waals surface area contributed by atoms with Crippen LogP contribution in [-0.2, 0) is 11.2 Å². The number of hydrogen-bond donors (Lipinski definition) is 2. The molecule has 2 aromatic carbocycles. The van der Waals surface area contributed by atoms with Gasteiger partial charge in [0, 0.05) is 23.7 Å². The van der Waals surface area contributed by atoms with Crippen molar-refractivity contribution in [3.05, 3.63) is 48.0 Å². The summed E-state index contributed by atoms with van der Waals surface area (Å²) >= 11 is 5.12. The molecule has 2 N–H and O–H groups in total. The van der Waals surface area contributed by atoms with E-state index < -0.39 is 0 Å². The molecule has 3 aromatic rings. The van der Waals surface area contributed by atoms with Crippen LogP contribution in [0.15, 0.2) is 46.9 Å². The van der Waals surface area contributed by atoms with E-state index in [1.165, 1.54) is 5.56 Å². The summed E-state index contributed by atoms with van der Waals surface area (Å²) in [4.78, 5) is 15.9. The molecule has 0 fully saturated rings. The van der Waals surface area contributed by atoms with Crippen molar-refractivity contribution in [2.75, 3.05) is 5.32 Å². The molecule has 3 rings (SSSR count). The number of benzene rings is 2. The van der Waals surface area contributed by atoms with Gasteiger partial charge in [-0.2, -0.15) is 0 Å². The van der Waals surface area contributed by atoms with E-state index in [1.54, 1.807) is 6.92 Å². The second kappa shape index (κ2) is 7.44. The monoisotopic (exact) mass is 353 g/mol. The van der Waals surface area contributed by atoms with Crippen molar-refractivity contribution < 1.29 is 9.21 Å². The van der Waals surface area contributed by atoms with E-state index in [2.05, 4.69) is 34.7 Å². The molecule has 0 saturated carbocycles. The first kappa shape index (κ1) is 17.1. The third-order valence-electron chi connectivity index (χ3n) is 3.83. The average molecular weight is 353 g/mol. The number of rotatable bonds is 4. The third-order valence-corrected chi connectivity index (χ3v) is 4.03. The third kappa shape index (κ3) is 4.03. The molecule has 0 saturated heterocycles. The van der Waals surface area contributed by atoms with Crippen LogP contribution in [0.3, 0.4) is 0 Å². The van der Waals surface area contributed by atoms with Crippen LogP contribution in [0.1, 0.15) is 25.8 Å². The number of fused-ring (bicyclic) bond motifs is 1. The van der Waals surface area contributed by atoms with Gasteiger partial charge in [-0.15, -0.1) is 0 Å². The molecular formula is C19H19N3O2S. The zero-order chi connectivity index (χ0) is 17.8. The molecule has 0 aliphatic carbocycles. The molecule has 1 aromatic heterocycles. The van der Waals surface area contributed by atoms with Crippen molar-refractivity contribution in [1.82, 2.24) is 10.3 Å². The van der Waals surface area contributed by atoms with Gasteiger partial charge < -0.3 is 15.1 Å². The summed E-state index contributed by atoms with van der Waals surface area (Å²) < 4.78 is 5.87. The summed E-state index contributed by atoms with van der Waals surface area (Å²) in [5, 5.41) is 5.84. The highest BCUT2D eigenvalue weighted by atomic mass is 32.1. The van der Waals surface area contributed by atoms with E-state index in [0.717, 1.165) is 23.2 Å². The van der Waals surface area contributed by atoms with E-state index in [1.807, 2.05) is 30.3 Å². The van der Waals surface area contributed by atoms with Gasteiger partial charge in [0.2, 0.25) is 11.8 Å². The van der Waals surface area contributed by atoms with E-state index in [-0.39, 0.29) is 11.0 Å². The molecule has 1 amide bonds. The number of oxazole rings is 1. The number of carbonyl (C=O) groups is 1. The summed E-state index contributed by atoms with van der Waals surface area (Å²) in [6.45, 7) is 3.89. The van der Waals surface area contributed by atoms with Gasteiger partial charge in [-0.25, -0.2) is 4.98 Å². The average Bonchev–Trinajstić information content (AvgIpc) is 3.04. The molecule has 128 valence electrons. The summed E-state index contributed by atoms with van der Waals surface area (Å²) in [6, 6.07) is 13.7. The van der Waals surface area contributed by atoms with Crippen molar-refractivity contribution >= 4 is 40.0 Å². The fraction of sp³-hybridized carbons (Fsp3) is 0.211. The van der Waals surface area contributed by atoms with Crippen molar-refractivity contribution in [3.8, 4) is 11.5 Å². The lowest BCUT2D eigenvalue weighted by Gasteiger charge is -2.08. The predicted octanol–water partition coefficient (Wildman–Crippen LogP) is 4.28. The lowest BCUT2D eigenvalue weighted by Crippen LogP contribution is -2.33. The predicted molar refractivity (Wildman–Crippen MR) is 103 cm³/mol. The molecule has 6 heteroatoms. The Labute approximate surface area is 151 Å². The van der Waals surface area contributed by atoms with Gasteiger partial charge in [-0.05, 0) is 48.5 Å². The maximum absolute atomic E-state index is 11.4. The minimum absolute atomic E-state index is 0.129. The summed E-state index contributed by atoms with van der Waals surface area (Å²) in [7, 11) is 0. The van der Waals surface area contributed by atoms with Crippen molar-refractivity contribution in [2.24, 2.45) is 0 Å². The number of hydrogen-bond acceptors (Lipinski definition) is 4. The highest BCUT2D eigenvalue weighted by Crippen LogP contribution is 2.26. The Bertz CT molecular complexity index is 916. The van der Waals surface area contributed by atoms with Crippen molar-refractivity contribution in [2.45, 2.75) is 26.7 Å². The number of aryl methyl sites for hydroxylation is 1. The first-order valence-corrected chi connectivity index (χ1v) is 8.60. The molecule has 0 spiro atoms. The number of carbonyl (C=O) groups excluding carboxylic acids is 1. The smallest absolute Gasteiger partial charge is 0.227 e. The van der Waals surface area contributed by atoms with Gasteiger partial charge in [0.1, 0.15) is 5.52 Å². The lowest BCUT2D eigenvalue weighted by atomic mass is 10.1. The molecule has 1 heterocycles. The van der Waals surface area contributed by atoms with E-state index in [0.29, 0.717) is 17.9 Å². The fourth-order valence-corrected chi connectivity index (χ4v) is 2.62. The van der Waals surface area contributed by atoms with Gasteiger partial charge in [-0.1, -0.05) is 26.0 Å². The minimum atomic E-state index is -0.129. The SMILES string of the molecule is CCC(=O)NC(=S)Nc1ccc2nc(-c3ccc(CC)cc3)oc2c1. The van der Waals surface area contributed by atoms with Gasteiger partial charge in [-0.3, -0.25) is 4.79 Å². The van der Waals surface area contributed by atoms with Crippen molar-refractivity contribution in [1.29, 1.82) is 0 Å². The maximum Gasteiger partial charge on any atom is 0.227 e. The highest BCUT2D eigenvalue weighted by molar-refractivity contribution is 7.80. The molecule has 0 unspecified atom stereocenters. The van der Waals surface area contributed by atoms with Gasteiger partial charge in [0.25, 0.3) is 0 Å². The molecule has 0 aliphatic rings. The summed E-state index contributed by atoms with van der Waals surface area (Å²) in [5.74, 6) is 0.452. The van der Waals surface area contributed by atoms with Crippen LogP contribution in [-0.4, -0.2) is 16.0 Å². The first-order chi connectivity index (χ1) is 12.1. The van der Waals surface area contributed by atoms with Crippen LogP contribution in [0.25, 0.3) is 22.6 Å². The van der Waals surface area contributed by atoms with Crippen LogP contribution >= 0.6 is 12.2 Å². The highest BCUT2D eigenvalue weighted by Gasteiger charge is 2.10. The van der Waals surface area contributed by atoms with Gasteiger partial charge >= 0.3 is 0 Å². The molecule has 0 aliphatic heterocycles. The molecular weight excluding hydrogens is 334 g/mol. The van der Waals surface area contributed by atoms with Crippen LogP contribution in [0.5, 0.6) is 0 Å². The lowest BCUT2D eigenvalue weighted by molar-refractivity contribution is -0.119. The number of nitrogens with zero attached hydrogens (tertiary/aromatic N) is 1. The Hall–Kier alpha value is -2.73. The van der Waals surface area contributed by atoms with Crippen LogP contribution in [0.4, 0.5) is 5.69 Å². The number of nitrogens with one attached hydrogen (secondary N) is 2. The summed E-state index contributed by atoms with van der Waals surface area (Å²) in [5.41, 5.74) is 4.37. The fourth-order valence-electron chi connectivity index (χ4n) is 2.39. The van der Waals surface area contributed by atoms with Crippen molar-refractivity contribution in [3.63, 3.8) is 0 Å². The van der Waals surface area contributed by atoms with Gasteiger partial charge in [0.05, 0.1) is 0 Å². The zero-order valence-electron chi connectivity index (χ0n) is 14.1.